The third-order valence-electron chi connectivity index (χ3n) is 4.59. The Morgan fingerprint density at radius 1 is 1.29 bits per heavy atom. The second-order valence-corrected chi connectivity index (χ2v) is 6.01. The Morgan fingerprint density at radius 2 is 2.08 bits per heavy atom. The number of likely N-dealkylation sites (tertiary alicyclic amines) is 1. The third-order valence-corrected chi connectivity index (χ3v) is 4.59. The Bertz CT molecular complexity index is 596. The fourth-order valence-electron chi connectivity index (χ4n) is 3.39. The van der Waals surface area contributed by atoms with Crippen LogP contribution in [0.15, 0.2) is 24.3 Å². The summed E-state index contributed by atoms with van der Waals surface area (Å²) in [6.07, 6.45) is 1.88. The maximum atomic E-state index is 12.8. The Balaban J connectivity index is 0.00000208. The first-order valence-corrected chi connectivity index (χ1v) is 8.13. The lowest BCUT2D eigenvalue weighted by atomic mass is 10.0. The van der Waals surface area contributed by atoms with Crippen LogP contribution in [0.5, 0.6) is 5.75 Å². The number of nitrogens with zero attached hydrogens (tertiary/aromatic N) is 2. The average Bonchev–Trinajstić information content (AvgIpc) is 2.61. The van der Waals surface area contributed by atoms with E-state index in [4.69, 9.17) is 4.74 Å². The molecule has 0 aliphatic carbocycles. The molecule has 1 aromatic rings. The largest absolute Gasteiger partial charge is 0.496 e. The molecular formula is C17H24ClN3O3. The molecule has 0 saturated carbocycles. The number of piperazine rings is 1. The number of methoxy groups -OCH3 is 1. The lowest BCUT2D eigenvalue weighted by Crippen LogP contribution is -2.57. The van der Waals surface area contributed by atoms with Gasteiger partial charge < -0.3 is 19.9 Å². The second-order valence-electron chi connectivity index (χ2n) is 6.01. The van der Waals surface area contributed by atoms with Crippen molar-refractivity contribution in [1.82, 2.24) is 15.1 Å². The summed E-state index contributed by atoms with van der Waals surface area (Å²) in [5.41, 5.74) is 0.585. The molecule has 24 heavy (non-hydrogen) atoms. The summed E-state index contributed by atoms with van der Waals surface area (Å²) in [6.45, 7) is 3.27. The van der Waals surface area contributed by atoms with Gasteiger partial charge in [0.05, 0.1) is 19.2 Å². The molecule has 1 unspecified atom stereocenters. The summed E-state index contributed by atoms with van der Waals surface area (Å²) >= 11 is 0. The number of hydrogen-bond acceptors (Lipinski definition) is 4. The number of rotatable bonds is 3. The van der Waals surface area contributed by atoms with Crippen molar-refractivity contribution in [3.05, 3.63) is 29.8 Å². The van der Waals surface area contributed by atoms with Crippen LogP contribution in [0.2, 0.25) is 0 Å². The van der Waals surface area contributed by atoms with E-state index in [2.05, 4.69) is 5.32 Å². The van der Waals surface area contributed by atoms with Crippen molar-refractivity contribution in [2.75, 3.05) is 39.8 Å². The first kappa shape index (κ1) is 18.5. The van der Waals surface area contributed by atoms with Crippen molar-refractivity contribution in [2.45, 2.75) is 18.9 Å². The van der Waals surface area contributed by atoms with Crippen LogP contribution >= 0.6 is 12.4 Å². The molecule has 0 radical (unpaired) electrons. The number of carbonyl (C=O) groups is 2. The molecule has 2 aliphatic heterocycles. The number of benzene rings is 1. The number of piperidine rings is 1. The molecule has 2 saturated heterocycles. The van der Waals surface area contributed by atoms with Gasteiger partial charge in [-0.3, -0.25) is 9.59 Å². The number of ether oxygens (including phenoxy) is 1. The molecule has 2 aliphatic rings. The first-order valence-electron chi connectivity index (χ1n) is 8.13. The zero-order chi connectivity index (χ0) is 16.2. The van der Waals surface area contributed by atoms with Crippen LogP contribution in [-0.2, 0) is 4.79 Å². The van der Waals surface area contributed by atoms with Crippen molar-refractivity contribution in [1.29, 1.82) is 0 Å². The molecule has 1 atom stereocenters. The van der Waals surface area contributed by atoms with E-state index in [0.717, 1.165) is 32.5 Å². The van der Waals surface area contributed by atoms with Gasteiger partial charge in [-0.15, -0.1) is 12.4 Å². The number of halogens is 1. The van der Waals surface area contributed by atoms with Crippen LogP contribution in [-0.4, -0.2) is 67.5 Å². The van der Waals surface area contributed by atoms with Crippen LogP contribution in [0.1, 0.15) is 23.2 Å². The molecule has 3 rings (SSSR count). The minimum absolute atomic E-state index is 0. The van der Waals surface area contributed by atoms with Gasteiger partial charge in [0.2, 0.25) is 5.91 Å². The molecule has 0 aromatic heterocycles. The fraction of sp³-hybridized carbons (Fsp3) is 0.529. The fourth-order valence-corrected chi connectivity index (χ4v) is 3.39. The zero-order valence-electron chi connectivity index (χ0n) is 13.9. The minimum atomic E-state index is -0.0188. The van der Waals surface area contributed by atoms with Crippen molar-refractivity contribution >= 4 is 24.2 Å². The third kappa shape index (κ3) is 3.82. The van der Waals surface area contributed by atoms with Gasteiger partial charge in [-0.2, -0.15) is 0 Å². The smallest absolute Gasteiger partial charge is 0.257 e. The van der Waals surface area contributed by atoms with Gasteiger partial charge in [0.15, 0.2) is 0 Å². The molecule has 132 valence electrons. The Labute approximate surface area is 148 Å². The Hall–Kier alpha value is -1.79. The topological polar surface area (TPSA) is 61.9 Å². The van der Waals surface area contributed by atoms with Gasteiger partial charge in [0.1, 0.15) is 5.75 Å². The van der Waals surface area contributed by atoms with Crippen LogP contribution in [0.4, 0.5) is 0 Å². The number of hydrogen-bond donors (Lipinski definition) is 1. The normalized spacial score (nSPS) is 21.2. The van der Waals surface area contributed by atoms with E-state index in [-0.39, 0.29) is 30.3 Å². The molecule has 2 heterocycles. The maximum Gasteiger partial charge on any atom is 0.257 e. The highest BCUT2D eigenvalue weighted by Gasteiger charge is 2.32. The van der Waals surface area contributed by atoms with Crippen molar-refractivity contribution in [3.8, 4) is 5.75 Å². The summed E-state index contributed by atoms with van der Waals surface area (Å²) in [7, 11) is 1.57. The Morgan fingerprint density at radius 3 is 2.83 bits per heavy atom. The molecule has 0 spiro atoms. The molecule has 1 N–H and O–H groups in total. The van der Waals surface area contributed by atoms with Gasteiger partial charge in [0, 0.05) is 32.2 Å². The highest BCUT2D eigenvalue weighted by Crippen LogP contribution is 2.23. The average molecular weight is 354 g/mol. The highest BCUT2D eigenvalue weighted by atomic mass is 35.5. The SMILES string of the molecule is COc1ccccc1C(=O)N1CCCC(N2CCNCC2=O)C1.Cl. The number of carbonyl (C=O) groups excluding carboxylic acids is 2. The van der Waals surface area contributed by atoms with Gasteiger partial charge in [-0.25, -0.2) is 0 Å². The van der Waals surface area contributed by atoms with E-state index >= 15 is 0 Å². The molecule has 0 bridgehead atoms. The quantitative estimate of drug-likeness (QED) is 0.885. The van der Waals surface area contributed by atoms with Crippen molar-refractivity contribution < 1.29 is 14.3 Å². The van der Waals surface area contributed by atoms with E-state index in [1.165, 1.54) is 0 Å². The molecule has 7 heteroatoms. The van der Waals surface area contributed by atoms with E-state index in [1.54, 1.807) is 19.2 Å². The van der Waals surface area contributed by atoms with Gasteiger partial charge in [-0.05, 0) is 25.0 Å². The number of nitrogens with one attached hydrogen (secondary N) is 1. The van der Waals surface area contributed by atoms with Crippen LogP contribution in [0.3, 0.4) is 0 Å². The van der Waals surface area contributed by atoms with Crippen LogP contribution in [0, 0.1) is 0 Å². The van der Waals surface area contributed by atoms with E-state index in [1.807, 2.05) is 21.9 Å². The van der Waals surface area contributed by atoms with E-state index in [0.29, 0.717) is 24.4 Å². The predicted molar refractivity (Wildman–Crippen MR) is 93.8 cm³/mol. The molecule has 6 nitrogen and oxygen atoms in total. The maximum absolute atomic E-state index is 12.8. The van der Waals surface area contributed by atoms with Crippen LogP contribution in [0.25, 0.3) is 0 Å². The highest BCUT2D eigenvalue weighted by molar-refractivity contribution is 5.97. The molecular weight excluding hydrogens is 330 g/mol. The summed E-state index contributed by atoms with van der Waals surface area (Å²) in [5, 5.41) is 3.09. The van der Waals surface area contributed by atoms with E-state index < -0.39 is 0 Å². The summed E-state index contributed by atoms with van der Waals surface area (Å²) in [5.74, 6) is 0.709. The Kier molecular flexibility index (Phi) is 6.45. The summed E-state index contributed by atoms with van der Waals surface area (Å²) in [4.78, 5) is 28.7. The van der Waals surface area contributed by atoms with E-state index in [9.17, 15) is 9.59 Å². The monoisotopic (exact) mass is 353 g/mol. The minimum Gasteiger partial charge on any atom is -0.496 e. The number of amides is 2. The summed E-state index contributed by atoms with van der Waals surface area (Å²) < 4.78 is 5.30. The zero-order valence-corrected chi connectivity index (χ0v) is 14.7. The van der Waals surface area contributed by atoms with Gasteiger partial charge in [-0.1, -0.05) is 12.1 Å². The molecule has 2 fully saturated rings. The standard InChI is InChI=1S/C17H23N3O3.ClH/c1-23-15-7-3-2-6-14(15)17(22)19-9-4-5-13(12-19)20-10-8-18-11-16(20)21;/h2-3,6-7,13,18H,4-5,8-12H2,1H3;1H. The van der Waals surface area contributed by atoms with Crippen LogP contribution < -0.4 is 10.1 Å². The predicted octanol–water partition coefficient (Wildman–Crippen LogP) is 1.15. The lowest BCUT2D eigenvalue weighted by Gasteiger charge is -2.41. The molecule has 2 amide bonds. The lowest BCUT2D eigenvalue weighted by molar-refractivity contribution is -0.135. The second kappa shape index (κ2) is 8.35. The number of para-hydroxylation sites is 1. The van der Waals surface area contributed by atoms with Gasteiger partial charge in [0.25, 0.3) is 5.91 Å². The van der Waals surface area contributed by atoms with Crippen molar-refractivity contribution in [2.24, 2.45) is 0 Å². The van der Waals surface area contributed by atoms with Crippen molar-refractivity contribution in [3.63, 3.8) is 0 Å². The molecule has 1 aromatic carbocycles. The van der Waals surface area contributed by atoms with Gasteiger partial charge >= 0.3 is 0 Å². The summed E-state index contributed by atoms with van der Waals surface area (Å²) in [6, 6.07) is 7.41. The first-order chi connectivity index (χ1) is 11.2.